The van der Waals surface area contributed by atoms with Crippen molar-refractivity contribution in [2.24, 2.45) is 0 Å². The topological polar surface area (TPSA) is 32.3 Å². The molecule has 0 atom stereocenters. The van der Waals surface area contributed by atoms with Crippen LogP contribution in [-0.2, 0) is 4.79 Å². The Hall–Kier alpha value is -0.570. The molecule has 17 heavy (non-hydrogen) atoms. The summed E-state index contributed by atoms with van der Waals surface area (Å²) in [7, 11) is 0. The van der Waals surface area contributed by atoms with E-state index < -0.39 is 0 Å². The lowest BCUT2D eigenvalue weighted by Crippen LogP contribution is -2.42. The first-order chi connectivity index (χ1) is 8.35. The number of rotatable bonds is 3. The van der Waals surface area contributed by atoms with E-state index in [0.29, 0.717) is 0 Å². The van der Waals surface area contributed by atoms with Crippen molar-refractivity contribution in [3.8, 4) is 0 Å². The zero-order valence-corrected chi connectivity index (χ0v) is 12.9. The Bertz CT molecular complexity index is 111. The highest BCUT2D eigenvalue weighted by molar-refractivity contribution is 5.47. The van der Waals surface area contributed by atoms with Crippen molar-refractivity contribution >= 4 is 6.41 Å². The van der Waals surface area contributed by atoms with E-state index in [1.54, 1.807) is 4.90 Å². The minimum atomic E-state index is 0.865. The summed E-state index contributed by atoms with van der Waals surface area (Å²) in [6.45, 7) is 16.0. The van der Waals surface area contributed by atoms with E-state index in [1.807, 2.05) is 27.7 Å². The minimum absolute atomic E-state index is 0.865. The average molecular weight is 246 g/mol. The van der Waals surface area contributed by atoms with Gasteiger partial charge < -0.3 is 10.2 Å². The van der Waals surface area contributed by atoms with Crippen molar-refractivity contribution in [3.05, 3.63) is 0 Å². The molecule has 0 aromatic rings. The van der Waals surface area contributed by atoms with Gasteiger partial charge in [-0.25, -0.2) is 0 Å². The normalized spacial score (nSPS) is 12.9. The number of piperazine rings is 1. The van der Waals surface area contributed by atoms with Crippen molar-refractivity contribution in [3.63, 3.8) is 0 Å². The molecule has 0 spiro atoms. The number of unbranched alkanes of at least 4 members (excludes halogenated alkanes) is 2. The Kier molecular flexibility index (Phi) is 31.4. The molecule has 0 saturated carbocycles. The summed E-state index contributed by atoms with van der Waals surface area (Å²) < 4.78 is 0. The van der Waals surface area contributed by atoms with Gasteiger partial charge in [0.25, 0.3) is 0 Å². The van der Waals surface area contributed by atoms with E-state index >= 15 is 0 Å². The number of hydrogen-bond donors (Lipinski definition) is 1. The highest BCUT2D eigenvalue weighted by Gasteiger charge is 2.04. The second-order valence-corrected chi connectivity index (χ2v) is 3.24. The standard InChI is InChI=1S/C5H10N2O.C5H12.2C2H6/c8-5-7-3-1-6-2-4-7;1-3-5-4-2;2*1-2/h5-6H,1-4H2;3-5H2,1-2H3;2*1-2H3. The summed E-state index contributed by atoms with van der Waals surface area (Å²) in [6, 6.07) is 0. The van der Waals surface area contributed by atoms with Crippen molar-refractivity contribution in [2.45, 2.75) is 60.8 Å². The molecule has 3 heteroatoms. The van der Waals surface area contributed by atoms with Gasteiger partial charge >= 0.3 is 0 Å². The Balaban J connectivity index is -0.000000190. The van der Waals surface area contributed by atoms with E-state index in [1.165, 1.54) is 19.3 Å². The molecule has 1 fully saturated rings. The monoisotopic (exact) mass is 246 g/mol. The van der Waals surface area contributed by atoms with Gasteiger partial charge in [0.1, 0.15) is 0 Å². The summed E-state index contributed by atoms with van der Waals surface area (Å²) in [6.07, 6.45) is 4.98. The second kappa shape index (κ2) is 24.6. The molecule has 0 radical (unpaired) electrons. The van der Waals surface area contributed by atoms with Crippen LogP contribution < -0.4 is 5.32 Å². The van der Waals surface area contributed by atoms with Crippen molar-refractivity contribution in [1.82, 2.24) is 10.2 Å². The van der Waals surface area contributed by atoms with Crippen LogP contribution in [0.15, 0.2) is 0 Å². The fourth-order valence-electron chi connectivity index (χ4n) is 1.14. The third kappa shape index (κ3) is 21.3. The van der Waals surface area contributed by atoms with Crippen LogP contribution in [0.3, 0.4) is 0 Å². The first-order valence-electron chi connectivity index (χ1n) is 7.25. The molecule has 106 valence electrons. The minimum Gasteiger partial charge on any atom is -0.343 e. The molecule has 1 aliphatic heterocycles. The van der Waals surface area contributed by atoms with Gasteiger partial charge in [0.2, 0.25) is 6.41 Å². The maximum absolute atomic E-state index is 10.1. The Morgan fingerprint density at radius 1 is 1.00 bits per heavy atom. The molecular formula is C14H34N2O. The zero-order valence-electron chi connectivity index (χ0n) is 12.9. The first kappa shape index (κ1) is 21.7. The van der Waals surface area contributed by atoms with E-state index in [9.17, 15) is 4.79 Å². The molecular weight excluding hydrogens is 212 g/mol. The van der Waals surface area contributed by atoms with Crippen molar-refractivity contribution < 1.29 is 4.79 Å². The number of carbonyl (C=O) groups excluding carboxylic acids is 1. The number of carbonyl (C=O) groups is 1. The van der Waals surface area contributed by atoms with E-state index in [4.69, 9.17) is 0 Å². The highest BCUT2D eigenvalue weighted by atomic mass is 16.1. The summed E-state index contributed by atoms with van der Waals surface area (Å²) >= 11 is 0. The molecule has 1 aliphatic rings. The summed E-state index contributed by atoms with van der Waals surface area (Å²) in [5.41, 5.74) is 0. The van der Waals surface area contributed by atoms with Crippen LogP contribution in [0.5, 0.6) is 0 Å². The van der Waals surface area contributed by atoms with Crippen LogP contribution in [0, 0.1) is 0 Å². The quantitative estimate of drug-likeness (QED) is 0.775. The summed E-state index contributed by atoms with van der Waals surface area (Å²) in [5, 5.41) is 3.15. The number of hydrogen-bond acceptors (Lipinski definition) is 2. The van der Waals surface area contributed by atoms with Gasteiger partial charge in [-0.05, 0) is 0 Å². The molecule has 0 aromatic carbocycles. The van der Waals surface area contributed by atoms with Gasteiger partial charge in [0, 0.05) is 26.2 Å². The maximum atomic E-state index is 10.1. The Morgan fingerprint density at radius 2 is 1.41 bits per heavy atom. The molecule has 1 rings (SSSR count). The number of amides is 1. The zero-order chi connectivity index (χ0) is 13.9. The number of nitrogens with one attached hydrogen (secondary N) is 1. The molecule has 3 nitrogen and oxygen atoms in total. The SMILES string of the molecule is CC.CC.CCCCC.O=CN1CCNCC1. The number of nitrogens with zero attached hydrogens (tertiary/aromatic N) is 1. The first-order valence-corrected chi connectivity index (χ1v) is 7.25. The Labute approximate surface area is 109 Å². The van der Waals surface area contributed by atoms with Crippen LogP contribution in [0.4, 0.5) is 0 Å². The van der Waals surface area contributed by atoms with E-state index in [2.05, 4.69) is 19.2 Å². The van der Waals surface area contributed by atoms with Gasteiger partial charge in [-0.3, -0.25) is 4.79 Å². The van der Waals surface area contributed by atoms with Gasteiger partial charge in [-0.15, -0.1) is 0 Å². The van der Waals surface area contributed by atoms with Gasteiger partial charge in [0.15, 0.2) is 0 Å². The predicted octanol–water partition coefficient (Wildman–Crippen LogP) is 3.30. The summed E-state index contributed by atoms with van der Waals surface area (Å²) in [4.78, 5) is 11.8. The Morgan fingerprint density at radius 3 is 1.59 bits per heavy atom. The average Bonchev–Trinajstić information content (AvgIpc) is 2.46. The molecule has 1 heterocycles. The summed E-state index contributed by atoms with van der Waals surface area (Å²) in [5.74, 6) is 0. The van der Waals surface area contributed by atoms with Crippen molar-refractivity contribution in [2.75, 3.05) is 26.2 Å². The van der Waals surface area contributed by atoms with Crippen LogP contribution in [0.2, 0.25) is 0 Å². The molecule has 0 aromatic heterocycles. The molecule has 0 aliphatic carbocycles. The maximum Gasteiger partial charge on any atom is 0.209 e. The molecule has 1 saturated heterocycles. The smallest absolute Gasteiger partial charge is 0.209 e. The fourth-order valence-corrected chi connectivity index (χ4v) is 1.14. The second-order valence-electron chi connectivity index (χ2n) is 3.24. The lowest BCUT2D eigenvalue weighted by atomic mass is 10.3. The largest absolute Gasteiger partial charge is 0.343 e. The third-order valence-electron chi connectivity index (χ3n) is 2.01. The molecule has 1 amide bonds. The lowest BCUT2D eigenvalue weighted by molar-refractivity contribution is -0.118. The van der Waals surface area contributed by atoms with Crippen LogP contribution in [0.25, 0.3) is 0 Å². The van der Waals surface area contributed by atoms with Gasteiger partial charge in [0.05, 0.1) is 0 Å². The van der Waals surface area contributed by atoms with E-state index in [-0.39, 0.29) is 0 Å². The van der Waals surface area contributed by atoms with Crippen molar-refractivity contribution in [1.29, 1.82) is 0 Å². The lowest BCUT2D eigenvalue weighted by Gasteiger charge is -2.22. The predicted molar refractivity (Wildman–Crippen MR) is 78.4 cm³/mol. The van der Waals surface area contributed by atoms with Crippen LogP contribution in [0.1, 0.15) is 60.8 Å². The molecule has 0 unspecified atom stereocenters. The highest BCUT2D eigenvalue weighted by Crippen LogP contribution is 1.88. The van der Waals surface area contributed by atoms with Crippen LogP contribution >= 0.6 is 0 Å². The van der Waals surface area contributed by atoms with Gasteiger partial charge in [-0.2, -0.15) is 0 Å². The molecule has 1 N–H and O–H groups in total. The van der Waals surface area contributed by atoms with Crippen LogP contribution in [-0.4, -0.2) is 37.5 Å². The van der Waals surface area contributed by atoms with Gasteiger partial charge in [-0.1, -0.05) is 60.8 Å². The van der Waals surface area contributed by atoms with E-state index in [0.717, 1.165) is 32.6 Å². The third-order valence-corrected chi connectivity index (χ3v) is 2.01. The fraction of sp³-hybridized carbons (Fsp3) is 0.929. The molecule has 0 bridgehead atoms.